The van der Waals surface area contributed by atoms with E-state index in [9.17, 15) is 9.59 Å². The van der Waals surface area contributed by atoms with Crippen LogP contribution in [0, 0.1) is 23.2 Å². The lowest BCUT2D eigenvalue weighted by molar-refractivity contribution is -0.131. The molecule has 2 aliphatic carbocycles. The van der Waals surface area contributed by atoms with Crippen LogP contribution in [0.4, 0.5) is 5.82 Å². The molecule has 0 unspecified atom stereocenters. The maximum atomic E-state index is 12.8. The van der Waals surface area contributed by atoms with Crippen LogP contribution in [0.3, 0.4) is 0 Å². The smallest absolute Gasteiger partial charge is 0.232 e. The van der Waals surface area contributed by atoms with Gasteiger partial charge in [-0.25, -0.2) is 0 Å². The lowest BCUT2D eigenvalue weighted by Gasteiger charge is -2.38. The van der Waals surface area contributed by atoms with E-state index >= 15 is 0 Å². The molecule has 1 N–H and O–H groups in total. The minimum absolute atomic E-state index is 0.106. The van der Waals surface area contributed by atoms with Gasteiger partial charge in [-0.05, 0) is 25.2 Å². The molecule has 20 heavy (non-hydrogen) atoms. The van der Waals surface area contributed by atoms with Crippen LogP contribution in [0.1, 0.15) is 45.8 Å². The van der Waals surface area contributed by atoms with Crippen molar-refractivity contribution < 1.29 is 14.1 Å². The molecule has 1 aromatic rings. The van der Waals surface area contributed by atoms with E-state index in [4.69, 9.17) is 4.52 Å². The maximum absolute atomic E-state index is 12.8. The molecular weight excluding hydrogens is 256 g/mol. The van der Waals surface area contributed by atoms with E-state index in [-0.39, 0.29) is 22.5 Å². The molecule has 1 amide bonds. The third kappa shape index (κ3) is 1.35. The van der Waals surface area contributed by atoms with Crippen molar-refractivity contribution in [2.75, 3.05) is 5.32 Å². The first-order chi connectivity index (χ1) is 9.23. The molecule has 0 aromatic carbocycles. The van der Waals surface area contributed by atoms with Crippen LogP contribution in [0.25, 0.3) is 0 Å². The van der Waals surface area contributed by atoms with Gasteiger partial charge in [0.25, 0.3) is 0 Å². The maximum Gasteiger partial charge on any atom is 0.232 e. The SMILES string of the molecule is Cc1cc(NC(=O)[C@]23CC[C@](C)(C(=O)C2)C3(C)C)no1. The Balaban J connectivity index is 1.93. The predicted molar refractivity (Wildman–Crippen MR) is 73.0 cm³/mol. The summed E-state index contributed by atoms with van der Waals surface area (Å²) in [5.74, 6) is 1.17. The molecular formula is C15H20N2O3. The molecule has 2 saturated carbocycles. The van der Waals surface area contributed by atoms with Crippen LogP contribution in [-0.4, -0.2) is 16.8 Å². The Labute approximate surface area is 118 Å². The Morgan fingerprint density at radius 3 is 2.50 bits per heavy atom. The number of aromatic nitrogens is 1. The molecule has 2 fully saturated rings. The number of ketones is 1. The summed E-state index contributed by atoms with van der Waals surface area (Å²) in [5.41, 5.74) is -1.34. The van der Waals surface area contributed by atoms with Gasteiger partial charge in [0.15, 0.2) is 5.82 Å². The Morgan fingerprint density at radius 2 is 2.05 bits per heavy atom. The van der Waals surface area contributed by atoms with E-state index in [2.05, 4.69) is 10.5 Å². The quantitative estimate of drug-likeness (QED) is 0.901. The molecule has 1 aromatic heterocycles. The number of carbonyl (C=O) groups excluding carboxylic acids is 2. The van der Waals surface area contributed by atoms with Gasteiger partial charge in [-0.1, -0.05) is 25.9 Å². The van der Waals surface area contributed by atoms with Gasteiger partial charge in [0, 0.05) is 17.9 Å². The van der Waals surface area contributed by atoms with Crippen LogP contribution < -0.4 is 5.32 Å². The van der Waals surface area contributed by atoms with Gasteiger partial charge in [-0.2, -0.15) is 0 Å². The Kier molecular flexibility index (Phi) is 2.48. The van der Waals surface area contributed by atoms with Crippen LogP contribution in [-0.2, 0) is 9.59 Å². The Bertz CT molecular complexity index is 604. The number of rotatable bonds is 2. The number of amides is 1. The summed E-state index contributed by atoms with van der Waals surface area (Å²) in [6.07, 6.45) is 1.87. The number of aryl methyl sites for hydroxylation is 1. The first kappa shape index (κ1) is 13.3. The second-order valence-corrected chi connectivity index (χ2v) is 6.92. The number of anilines is 1. The molecule has 3 rings (SSSR count). The Morgan fingerprint density at radius 1 is 1.35 bits per heavy atom. The number of Topliss-reactive ketones (excluding diaryl/α,β-unsaturated/α-hetero) is 1. The molecule has 2 aliphatic rings. The number of nitrogens with zero attached hydrogens (tertiary/aromatic N) is 1. The van der Waals surface area contributed by atoms with Gasteiger partial charge in [-0.3, -0.25) is 9.59 Å². The van der Waals surface area contributed by atoms with Crippen molar-refractivity contribution in [1.82, 2.24) is 5.16 Å². The number of carbonyl (C=O) groups is 2. The van der Waals surface area contributed by atoms with Crippen molar-refractivity contribution >= 4 is 17.5 Å². The largest absolute Gasteiger partial charge is 0.360 e. The molecule has 0 aliphatic heterocycles. The fourth-order valence-electron chi connectivity index (χ4n) is 4.02. The zero-order valence-corrected chi connectivity index (χ0v) is 12.4. The van der Waals surface area contributed by atoms with E-state index in [1.54, 1.807) is 13.0 Å². The fourth-order valence-corrected chi connectivity index (χ4v) is 4.02. The van der Waals surface area contributed by atoms with E-state index in [1.165, 1.54) is 0 Å². The lowest BCUT2D eigenvalue weighted by Crippen LogP contribution is -2.43. The number of hydrogen-bond donors (Lipinski definition) is 1. The molecule has 0 radical (unpaired) electrons. The average molecular weight is 276 g/mol. The van der Waals surface area contributed by atoms with Crippen molar-refractivity contribution in [1.29, 1.82) is 0 Å². The van der Waals surface area contributed by atoms with Gasteiger partial charge < -0.3 is 9.84 Å². The molecule has 5 nitrogen and oxygen atoms in total. The van der Waals surface area contributed by atoms with Crippen molar-refractivity contribution in [3.05, 3.63) is 11.8 Å². The highest BCUT2D eigenvalue weighted by molar-refractivity contribution is 6.04. The number of hydrogen-bond acceptors (Lipinski definition) is 4. The first-order valence-electron chi connectivity index (χ1n) is 7.01. The van der Waals surface area contributed by atoms with Crippen LogP contribution in [0.15, 0.2) is 10.6 Å². The van der Waals surface area contributed by atoms with Crippen molar-refractivity contribution in [3.63, 3.8) is 0 Å². The monoisotopic (exact) mass is 276 g/mol. The number of fused-ring (bicyclic) bond motifs is 2. The normalized spacial score (nSPS) is 34.5. The summed E-state index contributed by atoms with van der Waals surface area (Å²) < 4.78 is 4.97. The van der Waals surface area contributed by atoms with E-state index in [0.29, 0.717) is 18.0 Å². The minimum Gasteiger partial charge on any atom is -0.360 e. The van der Waals surface area contributed by atoms with E-state index in [1.807, 2.05) is 20.8 Å². The summed E-state index contributed by atoms with van der Waals surface area (Å²) in [4.78, 5) is 25.1. The third-order valence-electron chi connectivity index (χ3n) is 6.01. The van der Waals surface area contributed by atoms with Crippen molar-refractivity contribution in [3.8, 4) is 0 Å². The van der Waals surface area contributed by atoms with Gasteiger partial charge in [0.2, 0.25) is 5.91 Å². The zero-order chi connectivity index (χ0) is 14.8. The molecule has 5 heteroatoms. The highest BCUT2D eigenvalue weighted by atomic mass is 16.5. The topological polar surface area (TPSA) is 72.2 Å². The van der Waals surface area contributed by atoms with Gasteiger partial charge in [-0.15, -0.1) is 0 Å². The summed E-state index contributed by atoms with van der Waals surface area (Å²) in [6.45, 7) is 7.85. The summed E-state index contributed by atoms with van der Waals surface area (Å²) in [5, 5.41) is 6.62. The standard InChI is InChI=1S/C15H20N2O3/c1-9-7-11(17-20-9)16-12(19)15-6-5-14(4,10(18)8-15)13(15,2)3/h7H,5-6,8H2,1-4H3,(H,16,17,19)/t14-,15+/m1/s1. The zero-order valence-electron chi connectivity index (χ0n) is 12.4. The molecule has 2 bridgehead atoms. The van der Waals surface area contributed by atoms with E-state index in [0.717, 1.165) is 12.8 Å². The molecule has 2 atom stereocenters. The Hall–Kier alpha value is -1.65. The minimum atomic E-state index is -0.619. The lowest BCUT2D eigenvalue weighted by atomic mass is 9.64. The molecule has 108 valence electrons. The average Bonchev–Trinajstić information content (AvgIpc) is 2.89. The second kappa shape index (κ2) is 3.71. The van der Waals surface area contributed by atoms with Gasteiger partial charge in [0.05, 0.1) is 5.41 Å². The first-order valence-corrected chi connectivity index (χ1v) is 7.01. The molecule has 0 spiro atoms. The van der Waals surface area contributed by atoms with Gasteiger partial charge >= 0.3 is 0 Å². The fraction of sp³-hybridized carbons (Fsp3) is 0.667. The van der Waals surface area contributed by atoms with Gasteiger partial charge in [0.1, 0.15) is 11.5 Å². The summed E-state index contributed by atoms with van der Waals surface area (Å²) in [7, 11) is 0. The van der Waals surface area contributed by atoms with Crippen LogP contribution >= 0.6 is 0 Å². The predicted octanol–water partition coefficient (Wildman–Crippen LogP) is 2.71. The second-order valence-electron chi connectivity index (χ2n) is 6.92. The summed E-state index contributed by atoms with van der Waals surface area (Å²) in [6, 6.07) is 1.69. The van der Waals surface area contributed by atoms with Crippen LogP contribution in [0.2, 0.25) is 0 Å². The number of nitrogens with one attached hydrogen (secondary N) is 1. The highest BCUT2D eigenvalue weighted by Gasteiger charge is 2.72. The molecule has 0 saturated heterocycles. The molecule has 1 heterocycles. The van der Waals surface area contributed by atoms with Crippen molar-refractivity contribution in [2.45, 2.75) is 47.0 Å². The van der Waals surface area contributed by atoms with E-state index < -0.39 is 5.41 Å². The van der Waals surface area contributed by atoms with Crippen molar-refractivity contribution in [2.24, 2.45) is 16.2 Å². The summed E-state index contributed by atoms with van der Waals surface area (Å²) >= 11 is 0. The highest BCUT2D eigenvalue weighted by Crippen LogP contribution is 2.70. The van der Waals surface area contributed by atoms with Crippen LogP contribution in [0.5, 0.6) is 0 Å². The third-order valence-corrected chi connectivity index (χ3v) is 6.01.